The van der Waals surface area contributed by atoms with Gasteiger partial charge in [0.2, 0.25) is 5.91 Å². The van der Waals surface area contributed by atoms with E-state index in [1.165, 1.54) is 244 Å². The lowest BCUT2D eigenvalue weighted by atomic mass is 9.99. The van der Waals surface area contributed by atoms with Crippen molar-refractivity contribution in [3.8, 4) is 0 Å². The van der Waals surface area contributed by atoms with Gasteiger partial charge in [-0.25, -0.2) is 0 Å². The van der Waals surface area contributed by atoms with Gasteiger partial charge in [0.1, 0.15) is 24.4 Å². The quantitative estimate of drug-likeness (QED) is 0.0330. The maximum Gasteiger partial charge on any atom is 0.220 e. The highest BCUT2D eigenvalue weighted by Crippen LogP contribution is 2.23. The molecule has 0 aliphatic carbocycles. The van der Waals surface area contributed by atoms with E-state index in [4.69, 9.17) is 9.47 Å². The van der Waals surface area contributed by atoms with Gasteiger partial charge < -0.3 is 40.3 Å². The number of carbonyl (C=O) groups is 1. The molecule has 67 heavy (non-hydrogen) atoms. The Balaban J connectivity index is 2.13. The van der Waals surface area contributed by atoms with E-state index in [9.17, 15) is 30.3 Å². The summed E-state index contributed by atoms with van der Waals surface area (Å²) in [7, 11) is 0. The van der Waals surface area contributed by atoms with E-state index in [1.807, 2.05) is 0 Å². The molecule has 400 valence electrons. The zero-order chi connectivity index (χ0) is 48.7. The number of nitrogens with one attached hydrogen (secondary N) is 1. The molecule has 0 aromatic carbocycles. The number of unbranched alkanes of at least 4 members (excludes halogenated alkanes) is 42. The zero-order valence-corrected chi connectivity index (χ0v) is 44.4. The molecule has 1 heterocycles. The molecule has 1 aliphatic rings. The largest absolute Gasteiger partial charge is 0.394 e. The highest BCUT2D eigenvalue weighted by molar-refractivity contribution is 5.76. The van der Waals surface area contributed by atoms with Gasteiger partial charge >= 0.3 is 0 Å². The van der Waals surface area contributed by atoms with E-state index >= 15 is 0 Å². The summed E-state index contributed by atoms with van der Waals surface area (Å²) in [5.41, 5.74) is 0. The number of rotatable bonds is 52. The zero-order valence-electron chi connectivity index (χ0n) is 44.4. The molecule has 7 atom stereocenters. The second-order valence-electron chi connectivity index (χ2n) is 21.2. The molecule has 1 aliphatic heterocycles. The normalized spacial score (nSPS) is 19.5. The lowest BCUT2D eigenvalue weighted by molar-refractivity contribution is -0.302. The lowest BCUT2D eigenvalue weighted by Crippen LogP contribution is -2.60. The van der Waals surface area contributed by atoms with Gasteiger partial charge in [-0.05, 0) is 12.8 Å². The van der Waals surface area contributed by atoms with Crippen LogP contribution in [0, 0.1) is 0 Å². The maximum absolute atomic E-state index is 13.1. The number of aliphatic hydroxyl groups is 5. The van der Waals surface area contributed by atoms with Crippen molar-refractivity contribution >= 4 is 5.91 Å². The van der Waals surface area contributed by atoms with E-state index < -0.39 is 49.5 Å². The van der Waals surface area contributed by atoms with Crippen molar-refractivity contribution in [1.82, 2.24) is 5.32 Å². The fourth-order valence-corrected chi connectivity index (χ4v) is 9.99. The standard InChI is InChI=1S/C58H115NO8/c1-3-5-7-9-11-13-15-17-19-21-22-23-24-25-26-27-28-29-30-31-32-34-36-38-40-42-44-46-48-54(62)59-51(50-66-58-57(65)56(64)55(63)53(49-60)67-58)52(61)47-45-43-41-39-37-35-33-20-18-16-14-12-10-8-6-4-2/h51-53,55-58,60-61,63-65H,3-50H2,1-2H3,(H,59,62)/t51-,52+,53+,55-,56?,57?,58+/m0/s1. The monoisotopic (exact) mass is 954 g/mol. The van der Waals surface area contributed by atoms with Crippen LogP contribution in [0.15, 0.2) is 0 Å². The van der Waals surface area contributed by atoms with Gasteiger partial charge in [0.15, 0.2) is 6.29 Å². The molecule has 9 nitrogen and oxygen atoms in total. The van der Waals surface area contributed by atoms with Gasteiger partial charge in [-0.3, -0.25) is 4.79 Å². The molecule has 2 unspecified atom stereocenters. The van der Waals surface area contributed by atoms with Crippen molar-refractivity contribution in [2.24, 2.45) is 0 Å². The van der Waals surface area contributed by atoms with E-state index in [2.05, 4.69) is 19.2 Å². The van der Waals surface area contributed by atoms with Crippen LogP contribution < -0.4 is 5.32 Å². The fraction of sp³-hybridized carbons (Fsp3) is 0.983. The summed E-state index contributed by atoms with van der Waals surface area (Å²) < 4.78 is 11.3. The van der Waals surface area contributed by atoms with E-state index in [1.54, 1.807) is 0 Å². The summed E-state index contributed by atoms with van der Waals surface area (Å²) in [6, 6.07) is -0.713. The molecule has 1 fully saturated rings. The predicted molar refractivity (Wildman–Crippen MR) is 281 cm³/mol. The van der Waals surface area contributed by atoms with Crippen LogP contribution in [-0.2, 0) is 14.3 Å². The molecule has 1 rings (SSSR count). The number of aliphatic hydroxyl groups excluding tert-OH is 5. The molecule has 1 amide bonds. The van der Waals surface area contributed by atoms with Gasteiger partial charge in [0.25, 0.3) is 0 Å². The van der Waals surface area contributed by atoms with Crippen LogP contribution >= 0.6 is 0 Å². The van der Waals surface area contributed by atoms with Crippen molar-refractivity contribution in [3.63, 3.8) is 0 Å². The van der Waals surface area contributed by atoms with Gasteiger partial charge in [-0.1, -0.05) is 290 Å². The first kappa shape index (κ1) is 64.2. The molecule has 9 heteroatoms. The van der Waals surface area contributed by atoms with Crippen molar-refractivity contribution in [2.75, 3.05) is 13.2 Å². The summed E-state index contributed by atoms with van der Waals surface area (Å²) in [6.45, 7) is 3.88. The second kappa shape index (κ2) is 48.8. The topological polar surface area (TPSA) is 149 Å². The third kappa shape index (κ3) is 38.5. The summed E-state index contributed by atoms with van der Waals surface area (Å²) in [4.78, 5) is 13.1. The first-order valence-corrected chi connectivity index (χ1v) is 29.7. The molecule has 0 radical (unpaired) electrons. The van der Waals surface area contributed by atoms with Crippen molar-refractivity contribution in [3.05, 3.63) is 0 Å². The highest BCUT2D eigenvalue weighted by Gasteiger charge is 2.44. The molecule has 0 aromatic heterocycles. The minimum absolute atomic E-state index is 0.131. The SMILES string of the molecule is CCCCCCCCCCCCCCCCCCCCCCCCCCCCCCC(=O)N[C@@H](CO[C@@H]1O[C@H](CO)[C@H](O)C(O)C1O)[C@H](O)CCCCCCCCCCCCCCCCCC. The van der Waals surface area contributed by atoms with Crippen molar-refractivity contribution in [1.29, 1.82) is 0 Å². The number of hydrogen-bond acceptors (Lipinski definition) is 8. The Morgan fingerprint density at radius 3 is 1.06 bits per heavy atom. The molecule has 0 bridgehead atoms. The molecule has 0 spiro atoms. The minimum Gasteiger partial charge on any atom is -0.394 e. The fourth-order valence-electron chi connectivity index (χ4n) is 9.99. The van der Waals surface area contributed by atoms with Gasteiger partial charge in [0, 0.05) is 6.42 Å². The van der Waals surface area contributed by atoms with Crippen LogP contribution in [-0.4, -0.2) is 87.5 Å². The molecule has 0 saturated carbocycles. The summed E-state index contributed by atoms with van der Waals surface area (Å²) in [5.74, 6) is -0.136. The lowest BCUT2D eigenvalue weighted by Gasteiger charge is -2.40. The first-order chi connectivity index (χ1) is 32.8. The van der Waals surface area contributed by atoms with Gasteiger partial charge in [-0.2, -0.15) is 0 Å². The van der Waals surface area contributed by atoms with Crippen molar-refractivity contribution < 1.29 is 39.8 Å². The van der Waals surface area contributed by atoms with Crippen LogP contribution in [0.25, 0.3) is 0 Å². The molecular formula is C58H115NO8. The summed E-state index contributed by atoms with van der Waals surface area (Å²) >= 11 is 0. The van der Waals surface area contributed by atoms with Crippen molar-refractivity contribution in [2.45, 2.75) is 352 Å². The smallest absolute Gasteiger partial charge is 0.220 e. The van der Waals surface area contributed by atoms with Crippen LogP contribution in [0.1, 0.15) is 309 Å². The highest BCUT2D eigenvalue weighted by atomic mass is 16.7. The molecule has 6 N–H and O–H groups in total. The van der Waals surface area contributed by atoms with E-state index in [0.29, 0.717) is 12.8 Å². The Bertz CT molecular complexity index is 1020. The minimum atomic E-state index is -1.55. The van der Waals surface area contributed by atoms with Crippen LogP contribution in [0.2, 0.25) is 0 Å². The summed E-state index contributed by atoms with van der Waals surface area (Å²) in [6.07, 6.45) is 51.4. The van der Waals surface area contributed by atoms with E-state index in [-0.39, 0.29) is 12.5 Å². The van der Waals surface area contributed by atoms with E-state index in [0.717, 1.165) is 38.5 Å². The number of amides is 1. The Morgan fingerprint density at radius 2 is 0.746 bits per heavy atom. The van der Waals surface area contributed by atoms with Gasteiger partial charge in [0.05, 0.1) is 25.4 Å². The molecule has 1 saturated heterocycles. The number of carbonyl (C=O) groups excluding carboxylic acids is 1. The van der Waals surface area contributed by atoms with Crippen LogP contribution in [0.3, 0.4) is 0 Å². The van der Waals surface area contributed by atoms with Crippen LogP contribution in [0.5, 0.6) is 0 Å². The third-order valence-corrected chi connectivity index (χ3v) is 14.7. The Morgan fingerprint density at radius 1 is 0.448 bits per heavy atom. The number of ether oxygens (including phenoxy) is 2. The average Bonchev–Trinajstić information content (AvgIpc) is 3.33. The molecule has 0 aromatic rings. The van der Waals surface area contributed by atoms with Crippen LogP contribution in [0.4, 0.5) is 0 Å². The van der Waals surface area contributed by atoms with Gasteiger partial charge in [-0.15, -0.1) is 0 Å². The Hall–Kier alpha value is -0.810. The maximum atomic E-state index is 13.1. The number of hydrogen-bond donors (Lipinski definition) is 6. The Kier molecular flexibility index (Phi) is 46.8. The second-order valence-corrected chi connectivity index (χ2v) is 21.2. The molecular weight excluding hydrogens is 839 g/mol. The predicted octanol–water partition coefficient (Wildman–Crippen LogP) is 14.6. The summed E-state index contributed by atoms with van der Waals surface area (Å²) in [5, 5.41) is 54.7. The first-order valence-electron chi connectivity index (χ1n) is 29.7. The third-order valence-electron chi connectivity index (χ3n) is 14.7. The Labute approximate surface area is 414 Å². The average molecular weight is 955 g/mol.